The summed E-state index contributed by atoms with van der Waals surface area (Å²) in [5.41, 5.74) is 4.07. The molecule has 0 unspecified atom stereocenters. The number of nitrogens with zero attached hydrogens (tertiary/aromatic N) is 2. The maximum Gasteiger partial charge on any atom is 0.0432 e. The van der Waals surface area contributed by atoms with Gasteiger partial charge in [-0.05, 0) is 48.6 Å². The topological polar surface area (TPSA) is 6.48 Å². The zero-order valence-electron chi connectivity index (χ0n) is 17.6. The van der Waals surface area contributed by atoms with Gasteiger partial charge in [0.15, 0.2) is 0 Å². The molecule has 1 heterocycles. The smallest absolute Gasteiger partial charge is 0.0432 e. The largest absolute Gasteiger partial charge is 0.368 e. The van der Waals surface area contributed by atoms with E-state index in [0.29, 0.717) is 18.0 Å². The summed E-state index contributed by atoms with van der Waals surface area (Å²) in [4.78, 5) is 5.26. The van der Waals surface area contributed by atoms with Crippen LogP contribution in [-0.2, 0) is 6.54 Å². The molecule has 1 aliphatic rings. The SMILES string of the molecule is CC(C)[C@@H]1C[C@@H](N(Cc2ccccc2)c2ccccc2)CCN1c1ccccc1. The fraction of sp³-hybridized carbons (Fsp3) is 0.333. The van der Waals surface area contributed by atoms with E-state index in [0.717, 1.165) is 13.1 Å². The summed E-state index contributed by atoms with van der Waals surface area (Å²) in [6.45, 7) is 6.81. The number of piperidine rings is 1. The van der Waals surface area contributed by atoms with E-state index in [1.54, 1.807) is 0 Å². The molecule has 0 N–H and O–H groups in total. The molecule has 1 saturated heterocycles. The molecule has 0 bridgehead atoms. The van der Waals surface area contributed by atoms with Gasteiger partial charge in [0.05, 0.1) is 0 Å². The second kappa shape index (κ2) is 9.17. The second-order valence-electron chi connectivity index (χ2n) is 8.47. The van der Waals surface area contributed by atoms with Crippen LogP contribution in [0.25, 0.3) is 0 Å². The average molecular weight is 385 g/mol. The zero-order chi connectivity index (χ0) is 20.1. The Morgan fingerprint density at radius 3 is 2.03 bits per heavy atom. The van der Waals surface area contributed by atoms with Crippen molar-refractivity contribution in [2.45, 2.75) is 45.3 Å². The quantitative estimate of drug-likeness (QED) is 0.486. The fourth-order valence-corrected chi connectivity index (χ4v) is 4.66. The first-order chi connectivity index (χ1) is 14.2. The van der Waals surface area contributed by atoms with Crippen LogP contribution in [0.1, 0.15) is 32.3 Å². The maximum absolute atomic E-state index is 2.63. The highest BCUT2D eigenvalue weighted by Gasteiger charge is 2.33. The van der Waals surface area contributed by atoms with Crippen LogP contribution in [0.4, 0.5) is 11.4 Å². The van der Waals surface area contributed by atoms with Crippen molar-refractivity contribution < 1.29 is 0 Å². The molecule has 29 heavy (non-hydrogen) atoms. The molecule has 4 rings (SSSR count). The average Bonchev–Trinajstić information content (AvgIpc) is 2.79. The van der Waals surface area contributed by atoms with Crippen LogP contribution in [-0.4, -0.2) is 18.6 Å². The summed E-state index contributed by atoms with van der Waals surface area (Å²) in [6.07, 6.45) is 2.37. The van der Waals surface area contributed by atoms with Gasteiger partial charge in [0.1, 0.15) is 0 Å². The van der Waals surface area contributed by atoms with Gasteiger partial charge in [0.2, 0.25) is 0 Å². The summed E-state index contributed by atoms with van der Waals surface area (Å²) in [5, 5.41) is 0. The summed E-state index contributed by atoms with van der Waals surface area (Å²) in [5.74, 6) is 0.618. The van der Waals surface area contributed by atoms with Gasteiger partial charge in [-0.1, -0.05) is 80.6 Å². The molecule has 0 amide bonds. The second-order valence-corrected chi connectivity index (χ2v) is 8.47. The van der Waals surface area contributed by atoms with E-state index in [1.165, 1.54) is 29.8 Å². The molecule has 0 radical (unpaired) electrons. The number of benzene rings is 3. The Bertz CT molecular complexity index is 861. The van der Waals surface area contributed by atoms with E-state index >= 15 is 0 Å². The zero-order valence-corrected chi connectivity index (χ0v) is 17.6. The Morgan fingerprint density at radius 2 is 1.41 bits per heavy atom. The molecule has 1 fully saturated rings. The third kappa shape index (κ3) is 4.64. The minimum Gasteiger partial charge on any atom is -0.368 e. The number of para-hydroxylation sites is 2. The molecule has 3 aromatic rings. The lowest BCUT2D eigenvalue weighted by molar-refractivity contribution is 0.331. The minimum atomic E-state index is 0.546. The Hall–Kier alpha value is -2.74. The third-order valence-electron chi connectivity index (χ3n) is 6.20. The molecular formula is C27H32N2. The van der Waals surface area contributed by atoms with Gasteiger partial charge < -0.3 is 9.80 Å². The third-order valence-corrected chi connectivity index (χ3v) is 6.20. The van der Waals surface area contributed by atoms with Crippen molar-refractivity contribution in [2.75, 3.05) is 16.3 Å². The number of rotatable bonds is 6. The van der Waals surface area contributed by atoms with Gasteiger partial charge >= 0.3 is 0 Å². The normalized spacial score (nSPS) is 19.3. The molecule has 3 aromatic carbocycles. The first kappa shape index (κ1) is 19.6. The lowest BCUT2D eigenvalue weighted by atomic mass is 9.87. The van der Waals surface area contributed by atoms with Gasteiger partial charge in [0, 0.05) is 36.5 Å². The van der Waals surface area contributed by atoms with E-state index < -0.39 is 0 Å². The standard InChI is InChI=1S/C27H32N2/c1-22(2)27-20-26(18-19-28(27)24-14-8-4-9-15-24)29(25-16-10-5-11-17-25)21-23-12-6-3-7-13-23/h3-17,22,26-27H,18-21H2,1-2H3/t26-,27-/m0/s1. The molecule has 0 spiro atoms. The lowest BCUT2D eigenvalue weighted by Gasteiger charge is -2.47. The van der Waals surface area contributed by atoms with Crippen LogP contribution < -0.4 is 9.80 Å². The molecule has 2 nitrogen and oxygen atoms in total. The summed E-state index contributed by atoms with van der Waals surface area (Å²) >= 11 is 0. The van der Waals surface area contributed by atoms with Gasteiger partial charge in [-0.3, -0.25) is 0 Å². The summed E-state index contributed by atoms with van der Waals surface area (Å²) < 4.78 is 0. The number of hydrogen-bond donors (Lipinski definition) is 0. The van der Waals surface area contributed by atoms with E-state index in [2.05, 4.69) is 115 Å². The summed E-state index contributed by atoms with van der Waals surface area (Å²) in [6, 6.07) is 33.9. The summed E-state index contributed by atoms with van der Waals surface area (Å²) in [7, 11) is 0. The minimum absolute atomic E-state index is 0.546. The highest BCUT2D eigenvalue weighted by Crippen LogP contribution is 2.33. The Labute approximate surface area is 175 Å². The van der Waals surface area contributed by atoms with Crippen LogP contribution in [0.3, 0.4) is 0 Å². The molecular weight excluding hydrogens is 352 g/mol. The van der Waals surface area contributed by atoms with Crippen molar-refractivity contribution in [1.29, 1.82) is 0 Å². The van der Waals surface area contributed by atoms with E-state index in [4.69, 9.17) is 0 Å². The van der Waals surface area contributed by atoms with Crippen molar-refractivity contribution in [3.05, 3.63) is 96.6 Å². The highest BCUT2D eigenvalue weighted by molar-refractivity contribution is 5.51. The van der Waals surface area contributed by atoms with Crippen LogP contribution in [0.2, 0.25) is 0 Å². The Morgan fingerprint density at radius 1 is 0.828 bits per heavy atom. The Kier molecular flexibility index (Phi) is 6.19. The van der Waals surface area contributed by atoms with Crippen LogP contribution in [0.5, 0.6) is 0 Å². The van der Waals surface area contributed by atoms with Gasteiger partial charge in [-0.2, -0.15) is 0 Å². The molecule has 0 aliphatic carbocycles. The molecule has 1 aliphatic heterocycles. The highest BCUT2D eigenvalue weighted by atomic mass is 15.2. The first-order valence-corrected chi connectivity index (χ1v) is 10.9. The molecule has 2 heteroatoms. The monoisotopic (exact) mass is 384 g/mol. The van der Waals surface area contributed by atoms with Crippen molar-refractivity contribution >= 4 is 11.4 Å². The number of hydrogen-bond acceptors (Lipinski definition) is 2. The van der Waals surface area contributed by atoms with Crippen molar-refractivity contribution in [3.63, 3.8) is 0 Å². The van der Waals surface area contributed by atoms with E-state index in [9.17, 15) is 0 Å². The predicted octanol–water partition coefficient (Wildman–Crippen LogP) is 6.39. The molecule has 150 valence electrons. The number of anilines is 2. The predicted molar refractivity (Wildman–Crippen MR) is 125 cm³/mol. The van der Waals surface area contributed by atoms with Crippen LogP contribution >= 0.6 is 0 Å². The van der Waals surface area contributed by atoms with Gasteiger partial charge in [-0.25, -0.2) is 0 Å². The van der Waals surface area contributed by atoms with Crippen molar-refractivity contribution in [3.8, 4) is 0 Å². The molecule has 0 saturated carbocycles. The molecule has 2 atom stereocenters. The lowest BCUT2D eigenvalue weighted by Crippen LogP contribution is -2.52. The molecule has 0 aromatic heterocycles. The Balaban J connectivity index is 1.60. The van der Waals surface area contributed by atoms with Gasteiger partial charge in [-0.15, -0.1) is 0 Å². The van der Waals surface area contributed by atoms with Crippen LogP contribution in [0, 0.1) is 5.92 Å². The van der Waals surface area contributed by atoms with Gasteiger partial charge in [0.25, 0.3) is 0 Å². The first-order valence-electron chi connectivity index (χ1n) is 10.9. The van der Waals surface area contributed by atoms with Crippen molar-refractivity contribution in [1.82, 2.24) is 0 Å². The van der Waals surface area contributed by atoms with Crippen LogP contribution in [0.15, 0.2) is 91.0 Å². The fourth-order valence-electron chi connectivity index (χ4n) is 4.66. The van der Waals surface area contributed by atoms with E-state index in [-0.39, 0.29) is 0 Å². The maximum atomic E-state index is 2.63. The van der Waals surface area contributed by atoms with Crippen molar-refractivity contribution in [2.24, 2.45) is 5.92 Å². The van der Waals surface area contributed by atoms with E-state index in [1.807, 2.05) is 0 Å².